The van der Waals surface area contributed by atoms with Crippen LogP contribution in [0.25, 0.3) is 0 Å². The van der Waals surface area contributed by atoms with Gasteiger partial charge in [0.25, 0.3) is 0 Å². The van der Waals surface area contributed by atoms with E-state index in [4.69, 9.17) is 20.5 Å². The van der Waals surface area contributed by atoms with Crippen LogP contribution in [-0.2, 0) is 0 Å². The molecule has 0 aliphatic carbocycles. The molecule has 0 atom stereocenters. The van der Waals surface area contributed by atoms with Crippen molar-refractivity contribution in [1.82, 2.24) is 0 Å². The molecular formula is C19H23N3O2. The Morgan fingerprint density at radius 1 is 1.00 bits per heavy atom. The molecule has 0 aliphatic rings. The Morgan fingerprint density at radius 3 is 2.29 bits per heavy atom. The van der Waals surface area contributed by atoms with Crippen LogP contribution >= 0.6 is 0 Å². The van der Waals surface area contributed by atoms with Gasteiger partial charge in [-0.2, -0.15) is 5.26 Å². The van der Waals surface area contributed by atoms with Gasteiger partial charge >= 0.3 is 0 Å². The molecule has 0 saturated heterocycles. The Morgan fingerprint density at radius 2 is 1.67 bits per heavy atom. The lowest BCUT2D eigenvalue weighted by atomic mass is 10.2. The first-order valence-corrected chi connectivity index (χ1v) is 7.97. The van der Waals surface area contributed by atoms with Crippen LogP contribution in [-0.4, -0.2) is 26.8 Å². The summed E-state index contributed by atoms with van der Waals surface area (Å²) in [4.78, 5) is 2.18. The van der Waals surface area contributed by atoms with E-state index in [1.165, 1.54) is 0 Å². The average molecular weight is 325 g/mol. The van der Waals surface area contributed by atoms with Gasteiger partial charge in [-0.05, 0) is 55.0 Å². The molecule has 0 saturated carbocycles. The number of rotatable bonds is 9. The van der Waals surface area contributed by atoms with Gasteiger partial charge in [0.2, 0.25) is 0 Å². The minimum atomic E-state index is 0.490. The highest BCUT2D eigenvalue weighted by molar-refractivity contribution is 5.53. The molecule has 0 bridgehead atoms. The van der Waals surface area contributed by atoms with Gasteiger partial charge in [-0.3, -0.25) is 0 Å². The van der Waals surface area contributed by atoms with Gasteiger partial charge in [-0.15, -0.1) is 0 Å². The molecule has 0 spiro atoms. The minimum absolute atomic E-state index is 0.490. The quantitative estimate of drug-likeness (QED) is 0.564. The van der Waals surface area contributed by atoms with Crippen molar-refractivity contribution >= 4 is 11.4 Å². The lowest BCUT2D eigenvalue weighted by Crippen LogP contribution is -2.26. The molecule has 2 aromatic rings. The summed E-state index contributed by atoms with van der Waals surface area (Å²) >= 11 is 0. The van der Waals surface area contributed by atoms with Crippen LogP contribution in [0.15, 0.2) is 48.5 Å². The summed E-state index contributed by atoms with van der Waals surface area (Å²) in [5.74, 6) is 1.64. The van der Waals surface area contributed by atoms with E-state index >= 15 is 0 Å². The van der Waals surface area contributed by atoms with Crippen molar-refractivity contribution in [2.45, 2.75) is 12.8 Å². The van der Waals surface area contributed by atoms with Gasteiger partial charge in [0.1, 0.15) is 11.5 Å². The zero-order valence-electron chi connectivity index (χ0n) is 13.9. The molecule has 0 aliphatic heterocycles. The van der Waals surface area contributed by atoms with Gasteiger partial charge in [0.05, 0.1) is 26.2 Å². The molecule has 0 unspecified atom stereocenters. The Labute approximate surface area is 143 Å². The second-order valence-corrected chi connectivity index (χ2v) is 5.36. The van der Waals surface area contributed by atoms with Crippen molar-refractivity contribution in [3.63, 3.8) is 0 Å². The standard InChI is InChI=1S/C19H23N3O2/c1-23-18-8-10-19(11-9-18)24-15-3-14-22(13-2-12-20)17-6-4-16(21)5-7-17/h4-11H,2-3,13-15,21H2,1H3. The highest BCUT2D eigenvalue weighted by Gasteiger charge is 2.06. The number of nitrogens with two attached hydrogens (primary N) is 1. The van der Waals surface area contributed by atoms with Crippen LogP contribution in [0.4, 0.5) is 11.4 Å². The van der Waals surface area contributed by atoms with Gasteiger partial charge < -0.3 is 20.1 Å². The first-order chi connectivity index (χ1) is 11.7. The normalized spacial score (nSPS) is 10.0. The first kappa shape index (κ1) is 17.5. The molecule has 5 heteroatoms. The van der Waals surface area contributed by atoms with Crippen molar-refractivity contribution in [1.29, 1.82) is 5.26 Å². The number of nitrogens with zero attached hydrogens (tertiary/aromatic N) is 2. The lowest BCUT2D eigenvalue weighted by molar-refractivity contribution is 0.311. The van der Waals surface area contributed by atoms with Crippen molar-refractivity contribution in [2.24, 2.45) is 0 Å². The van der Waals surface area contributed by atoms with E-state index in [1.54, 1.807) is 7.11 Å². The molecule has 0 radical (unpaired) electrons. The van der Waals surface area contributed by atoms with Crippen molar-refractivity contribution in [3.05, 3.63) is 48.5 Å². The third kappa shape index (κ3) is 5.40. The molecule has 2 rings (SSSR count). The highest BCUT2D eigenvalue weighted by Crippen LogP contribution is 2.19. The van der Waals surface area contributed by atoms with E-state index in [0.717, 1.165) is 35.8 Å². The molecule has 0 fully saturated rings. The van der Waals surface area contributed by atoms with E-state index in [2.05, 4.69) is 11.0 Å². The SMILES string of the molecule is COc1ccc(OCCCN(CCC#N)c2ccc(N)cc2)cc1. The van der Waals surface area contributed by atoms with Gasteiger partial charge in [-0.25, -0.2) is 0 Å². The second-order valence-electron chi connectivity index (χ2n) is 5.36. The number of methoxy groups -OCH3 is 1. The number of nitriles is 1. The topological polar surface area (TPSA) is 71.5 Å². The molecule has 24 heavy (non-hydrogen) atoms. The van der Waals surface area contributed by atoms with Gasteiger partial charge in [0, 0.05) is 24.5 Å². The fraction of sp³-hybridized carbons (Fsp3) is 0.316. The van der Waals surface area contributed by atoms with Gasteiger partial charge in [-0.1, -0.05) is 0 Å². The lowest BCUT2D eigenvalue weighted by Gasteiger charge is -2.24. The summed E-state index contributed by atoms with van der Waals surface area (Å²) in [6.45, 7) is 2.13. The van der Waals surface area contributed by atoms with E-state index in [0.29, 0.717) is 19.6 Å². The maximum atomic E-state index is 8.84. The Kier molecular flexibility index (Phi) is 6.78. The second kappa shape index (κ2) is 9.31. The van der Waals surface area contributed by atoms with E-state index in [9.17, 15) is 0 Å². The van der Waals surface area contributed by atoms with E-state index in [1.807, 2.05) is 48.5 Å². The monoisotopic (exact) mass is 325 g/mol. The van der Waals surface area contributed by atoms with Crippen LogP contribution in [0.2, 0.25) is 0 Å². The first-order valence-electron chi connectivity index (χ1n) is 7.97. The summed E-state index contributed by atoms with van der Waals surface area (Å²) in [5.41, 5.74) is 7.54. The van der Waals surface area contributed by atoms with E-state index in [-0.39, 0.29) is 0 Å². The van der Waals surface area contributed by atoms with Crippen LogP contribution in [0, 0.1) is 11.3 Å². The number of hydrogen-bond acceptors (Lipinski definition) is 5. The third-order valence-corrected chi connectivity index (χ3v) is 3.65. The zero-order valence-corrected chi connectivity index (χ0v) is 13.9. The summed E-state index contributed by atoms with van der Waals surface area (Å²) in [6, 6.07) is 17.5. The number of anilines is 2. The van der Waals surface area contributed by atoms with Gasteiger partial charge in [0.15, 0.2) is 0 Å². The number of ether oxygens (including phenoxy) is 2. The summed E-state index contributed by atoms with van der Waals surface area (Å²) < 4.78 is 10.9. The molecule has 0 aromatic heterocycles. The summed E-state index contributed by atoms with van der Waals surface area (Å²) in [5, 5.41) is 8.84. The Balaban J connectivity index is 1.83. The van der Waals surface area contributed by atoms with Crippen LogP contribution in [0.1, 0.15) is 12.8 Å². The maximum Gasteiger partial charge on any atom is 0.119 e. The Hall–Kier alpha value is -2.87. The molecule has 0 amide bonds. The molecule has 5 nitrogen and oxygen atoms in total. The van der Waals surface area contributed by atoms with Crippen molar-refractivity contribution in [2.75, 3.05) is 37.4 Å². The molecule has 126 valence electrons. The largest absolute Gasteiger partial charge is 0.497 e. The average Bonchev–Trinajstić information content (AvgIpc) is 2.62. The van der Waals surface area contributed by atoms with Crippen molar-refractivity contribution < 1.29 is 9.47 Å². The zero-order chi connectivity index (χ0) is 17.2. The molecule has 2 aromatic carbocycles. The predicted molar refractivity (Wildman–Crippen MR) is 96.4 cm³/mol. The molecular weight excluding hydrogens is 302 g/mol. The molecule has 0 heterocycles. The highest BCUT2D eigenvalue weighted by atomic mass is 16.5. The van der Waals surface area contributed by atoms with Crippen molar-refractivity contribution in [3.8, 4) is 17.6 Å². The van der Waals surface area contributed by atoms with E-state index < -0.39 is 0 Å². The minimum Gasteiger partial charge on any atom is -0.497 e. The fourth-order valence-corrected chi connectivity index (χ4v) is 2.36. The maximum absolute atomic E-state index is 8.84. The number of benzene rings is 2. The number of hydrogen-bond donors (Lipinski definition) is 1. The summed E-state index contributed by atoms with van der Waals surface area (Å²) in [7, 11) is 1.64. The van der Waals surface area contributed by atoms with Crippen LogP contribution in [0.5, 0.6) is 11.5 Å². The predicted octanol–water partition coefficient (Wildman–Crippen LogP) is 3.47. The van der Waals surface area contributed by atoms with Crippen LogP contribution < -0.4 is 20.1 Å². The molecule has 2 N–H and O–H groups in total. The Bertz CT molecular complexity index is 648. The summed E-state index contributed by atoms with van der Waals surface area (Å²) in [6.07, 6.45) is 1.35. The smallest absolute Gasteiger partial charge is 0.119 e. The third-order valence-electron chi connectivity index (χ3n) is 3.65. The van der Waals surface area contributed by atoms with Crippen LogP contribution in [0.3, 0.4) is 0 Å². The number of nitrogen functional groups attached to an aromatic ring is 1. The fourth-order valence-electron chi connectivity index (χ4n) is 2.36.